The van der Waals surface area contributed by atoms with E-state index in [2.05, 4.69) is 24.2 Å². The number of carbonyl (C=O) groups excluding carboxylic acids is 3. The van der Waals surface area contributed by atoms with Crippen LogP contribution < -0.4 is 5.32 Å². The summed E-state index contributed by atoms with van der Waals surface area (Å²) in [6.07, 6.45) is 3.95. The standard InChI is InChI=1S/C23H34N4O3/c1-3-4-12-26-15-16-27(23(30)22(26)29)20(19-8-6-5-7-9-19)21(28)24-17-18-10-13-25(2)14-11-18/h5-9,18,20H,3-4,10-17H2,1-2H3,(H,24,28). The number of amides is 3. The maximum Gasteiger partial charge on any atom is 0.313 e. The van der Waals surface area contributed by atoms with Gasteiger partial charge in [-0.25, -0.2) is 0 Å². The fourth-order valence-corrected chi connectivity index (χ4v) is 4.21. The molecule has 0 saturated carbocycles. The minimum Gasteiger partial charge on any atom is -0.354 e. The van der Waals surface area contributed by atoms with Crippen molar-refractivity contribution < 1.29 is 14.4 Å². The monoisotopic (exact) mass is 414 g/mol. The van der Waals surface area contributed by atoms with E-state index in [-0.39, 0.29) is 5.91 Å². The maximum absolute atomic E-state index is 13.2. The molecule has 1 aromatic carbocycles. The van der Waals surface area contributed by atoms with Crippen LogP contribution in [0.4, 0.5) is 0 Å². The highest BCUT2D eigenvalue weighted by molar-refractivity contribution is 6.35. The van der Waals surface area contributed by atoms with E-state index in [0.717, 1.165) is 44.3 Å². The van der Waals surface area contributed by atoms with E-state index >= 15 is 0 Å². The Morgan fingerprint density at radius 3 is 2.43 bits per heavy atom. The summed E-state index contributed by atoms with van der Waals surface area (Å²) < 4.78 is 0. The zero-order valence-electron chi connectivity index (χ0n) is 18.2. The Morgan fingerprint density at radius 2 is 1.77 bits per heavy atom. The Kier molecular flexibility index (Phi) is 7.85. The number of hydrogen-bond acceptors (Lipinski definition) is 4. The first-order chi connectivity index (χ1) is 14.5. The molecule has 2 aliphatic rings. The van der Waals surface area contributed by atoms with Crippen molar-refractivity contribution >= 4 is 17.7 Å². The van der Waals surface area contributed by atoms with Crippen LogP contribution in [0.1, 0.15) is 44.2 Å². The van der Waals surface area contributed by atoms with Crippen molar-refractivity contribution in [1.29, 1.82) is 0 Å². The molecule has 1 atom stereocenters. The van der Waals surface area contributed by atoms with Crippen LogP contribution in [0.15, 0.2) is 30.3 Å². The van der Waals surface area contributed by atoms with Gasteiger partial charge in [-0.15, -0.1) is 0 Å². The summed E-state index contributed by atoms with van der Waals surface area (Å²) in [6, 6.07) is 8.52. The highest BCUT2D eigenvalue weighted by atomic mass is 16.2. The lowest BCUT2D eigenvalue weighted by Crippen LogP contribution is -2.57. The van der Waals surface area contributed by atoms with E-state index in [1.807, 2.05) is 30.3 Å². The van der Waals surface area contributed by atoms with Gasteiger partial charge in [0, 0.05) is 26.2 Å². The first-order valence-corrected chi connectivity index (χ1v) is 11.1. The first-order valence-electron chi connectivity index (χ1n) is 11.1. The lowest BCUT2D eigenvalue weighted by molar-refractivity contribution is -0.159. The van der Waals surface area contributed by atoms with E-state index in [4.69, 9.17) is 0 Å². The second kappa shape index (κ2) is 10.6. The Labute approximate surface area is 179 Å². The normalized spacial score (nSPS) is 19.8. The number of benzene rings is 1. The summed E-state index contributed by atoms with van der Waals surface area (Å²) in [7, 11) is 2.11. The molecule has 164 valence electrons. The molecule has 0 bridgehead atoms. The molecule has 0 aromatic heterocycles. The van der Waals surface area contributed by atoms with Crippen molar-refractivity contribution in [3.05, 3.63) is 35.9 Å². The highest BCUT2D eigenvalue weighted by Gasteiger charge is 2.39. The zero-order valence-corrected chi connectivity index (χ0v) is 18.2. The van der Waals surface area contributed by atoms with E-state index < -0.39 is 17.9 Å². The van der Waals surface area contributed by atoms with Gasteiger partial charge in [-0.3, -0.25) is 14.4 Å². The van der Waals surface area contributed by atoms with Crippen molar-refractivity contribution in [3.8, 4) is 0 Å². The fourth-order valence-electron chi connectivity index (χ4n) is 4.21. The van der Waals surface area contributed by atoms with Crippen molar-refractivity contribution in [2.45, 2.75) is 38.6 Å². The maximum atomic E-state index is 13.2. The summed E-state index contributed by atoms with van der Waals surface area (Å²) in [6.45, 7) is 6.17. The van der Waals surface area contributed by atoms with Gasteiger partial charge in [0.2, 0.25) is 5.91 Å². The highest BCUT2D eigenvalue weighted by Crippen LogP contribution is 2.24. The predicted octanol–water partition coefficient (Wildman–Crippen LogP) is 1.66. The summed E-state index contributed by atoms with van der Waals surface area (Å²) in [5.74, 6) is -0.840. The van der Waals surface area contributed by atoms with Crippen LogP contribution in [-0.2, 0) is 14.4 Å². The molecule has 1 aromatic rings. The number of carbonyl (C=O) groups is 3. The van der Waals surface area contributed by atoms with E-state index in [1.165, 1.54) is 4.90 Å². The molecule has 1 N–H and O–H groups in total. The van der Waals surface area contributed by atoms with Crippen molar-refractivity contribution in [2.75, 3.05) is 46.3 Å². The largest absolute Gasteiger partial charge is 0.354 e. The predicted molar refractivity (Wildman–Crippen MR) is 116 cm³/mol. The minimum absolute atomic E-state index is 0.205. The summed E-state index contributed by atoms with van der Waals surface area (Å²) in [4.78, 5) is 44.1. The molecular weight excluding hydrogens is 380 g/mol. The van der Waals surface area contributed by atoms with Crippen LogP contribution in [0.25, 0.3) is 0 Å². The number of nitrogens with one attached hydrogen (secondary N) is 1. The van der Waals surface area contributed by atoms with Crippen molar-refractivity contribution in [2.24, 2.45) is 5.92 Å². The molecule has 2 heterocycles. The number of rotatable bonds is 8. The van der Waals surface area contributed by atoms with Crippen LogP contribution in [0.2, 0.25) is 0 Å². The molecule has 3 rings (SSSR count). The number of unbranched alkanes of at least 4 members (excludes halogenated alkanes) is 1. The molecule has 7 nitrogen and oxygen atoms in total. The van der Waals surface area contributed by atoms with Crippen molar-refractivity contribution in [3.63, 3.8) is 0 Å². The lowest BCUT2D eigenvalue weighted by atomic mass is 9.96. The second-order valence-electron chi connectivity index (χ2n) is 8.45. The third kappa shape index (κ3) is 5.39. The Hall–Kier alpha value is -2.41. The summed E-state index contributed by atoms with van der Waals surface area (Å²) in [5, 5.41) is 3.07. The third-order valence-electron chi connectivity index (χ3n) is 6.20. The number of hydrogen-bond donors (Lipinski definition) is 1. The summed E-state index contributed by atoms with van der Waals surface area (Å²) >= 11 is 0. The number of nitrogens with zero attached hydrogens (tertiary/aromatic N) is 3. The quantitative estimate of drug-likeness (QED) is 0.657. The van der Waals surface area contributed by atoms with Gasteiger partial charge < -0.3 is 20.0 Å². The second-order valence-corrected chi connectivity index (χ2v) is 8.45. The molecule has 0 spiro atoms. The van der Waals surface area contributed by atoms with Gasteiger partial charge in [0.25, 0.3) is 0 Å². The minimum atomic E-state index is -0.776. The first kappa shape index (κ1) is 22.3. The molecule has 7 heteroatoms. The van der Waals surface area contributed by atoms with Gasteiger partial charge in [-0.05, 0) is 50.9 Å². The molecule has 0 radical (unpaired) electrons. The molecule has 2 saturated heterocycles. The Morgan fingerprint density at radius 1 is 1.07 bits per heavy atom. The van der Waals surface area contributed by atoms with Crippen LogP contribution in [0, 0.1) is 5.92 Å². The van der Waals surface area contributed by atoms with Gasteiger partial charge in [0.1, 0.15) is 6.04 Å². The van der Waals surface area contributed by atoms with Crippen LogP contribution in [0.3, 0.4) is 0 Å². The van der Waals surface area contributed by atoms with Crippen molar-refractivity contribution in [1.82, 2.24) is 20.0 Å². The molecule has 0 aliphatic carbocycles. The van der Waals surface area contributed by atoms with Gasteiger partial charge in [0.15, 0.2) is 0 Å². The number of piperazine rings is 1. The SMILES string of the molecule is CCCCN1CCN(C(C(=O)NCC2CCN(C)CC2)c2ccccc2)C(=O)C1=O. The fraction of sp³-hybridized carbons (Fsp3) is 0.609. The molecular formula is C23H34N4O3. The lowest BCUT2D eigenvalue weighted by Gasteiger charge is -2.38. The average Bonchev–Trinajstić information content (AvgIpc) is 2.76. The topological polar surface area (TPSA) is 73.0 Å². The van der Waals surface area contributed by atoms with Gasteiger partial charge in [-0.1, -0.05) is 43.7 Å². The summed E-state index contributed by atoms with van der Waals surface area (Å²) in [5.41, 5.74) is 0.738. The molecule has 3 amide bonds. The van der Waals surface area contributed by atoms with E-state index in [1.54, 1.807) is 4.90 Å². The number of likely N-dealkylation sites (tertiary alicyclic amines) is 1. The molecule has 30 heavy (non-hydrogen) atoms. The number of piperidine rings is 1. The molecule has 1 unspecified atom stereocenters. The van der Waals surface area contributed by atoms with Crippen LogP contribution >= 0.6 is 0 Å². The van der Waals surface area contributed by atoms with Gasteiger partial charge >= 0.3 is 11.8 Å². The Bertz CT molecular complexity index is 731. The third-order valence-corrected chi connectivity index (χ3v) is 6.20. The Balaban J connectivity index is 1.71. The van der Waals surface area contributed by atoms with Crippen LogP contribution in [0.5, 0.6) is 0 Å². The average molecular weight is 415 g/mol. The zero-order chi connectivity index (χ0) is 21.5. The van der Waals surface area contributed by atoms with Gasteiger partial charge in [0.05, 0.1) is 0 Å². The molecule has 2 aliphatic heterocycles. The molecule has 2 fully saturated rings. The van der Waals surface area contributed by atoms with Gasteiger partial charge in [-0.2, -0.15) is 0 Å². The smallest absolute Gasteiger partial charge is 0.313 e. The van der Waals surface area contributed by atoms with E-state index in [0.29, 0.717) is 32.1 Å². The van der Waals surface area contributed by atoms with Crippen LogP contribution in [-0.4, -0.2) is 78.7 Å². The van der Waals surface area contributed by atoms with E-state index in [9.17, 15) is 14.4 Å².